The maximum atomic E-state index is 14.0. The fourth-order valence-electron chi connectivity index (χ4n) is 5.32. The lowest BCUT2D eigenvalue weighted by atomic mass is 9.81. The number of alkyl halides is 3. The van der Waals surface area contributed by atoms with Crippen LogP contribution >= 0.6 is 0 Å². The van der Waals surface area contributed by atoms with Crippen LogP contribution in [0.1, 0.15) is 63.0 Å². The molecule has 2 fully saturated rings. The number of pyridine rings is 1. The predicted octanol–water partition coefficient (Wildman–Crippen LogP) is 5.50. The molecule has 3 N–H and O–H groups in total. The molecule has 2 aromatic heterocycles. The van der Waals surface area contributed by atoms with Gasteiger partial charge in [-0.05, 0) is 62.4 Å². The van der Waals surface area contributed by atoms with Crippen LogP contribution in [0.4, 0.5) is 24.7 Å². The monoisotopic (exact) mass is 459 g/mol. The van der Waals surface area contributed by atoms with Crippen molar-refractivity contribution in [3.05, 3.63) is 52.4 Å². The van der Waals surface area contributed by atoms with Gasteiger partial charge in [0.25, 0.3) is 5.56 Å². The average Bonchev–Trinajstić information content (AvgIpc) is 3.19. The summed E-state index contributed by atoms with van der Waals surface area (Å²) < 4.78 is 43.9. The molecule has 0 bridgehead atoms. The van der Waals surface area contributed by atoms with Crippen LogP contribution in [0.15, 0.2) is 41.3 Å². The normalized spacial score (nSPS) is 22.5. The largest absolute Gasteiger partial charge is 0.410 e. The summed E-state index contributed by atoms with van der Waals surface area (Å²) in [5, 5.41) is 11.1. The number of hydrogen-bond donors (Lipinski definition) is 3. The minimum absolute atomic E-state index is 0.0229. The Bertz CT molecular complexity index is 1170. The highest BCUT2D eigenvalue weighted by Gasteiger charge is 2.55. The van der Waals surface area contributed by atoms with Gasteiger partial charge >= 0.3 is 6.18 Å². The Morgan fingerprint density at radius 1 is 1.03 bits per heavy atom. The van der Waals surface area contributed by atoms with Gasteiger partial charge in [0.1, 0.15) is 10.9 Å². The average molecular weight is 460 g/mol. The van der Waals surface area contributed by atoms with Gasteiger partial charge in [0.15, 0.2) is 5.82 Å². The van der Waals surface area contributed by atoms with Crippen molar-refractivity contribution >= 4 is 22.4 Å². The Kier molecular flexibility index (Phi) is 5.68. The molecule has 6 nitrogen and oxygen atoms in total. The first-order valence-corrected chi connectivity index (χ1v) is 11.7. The van der Waals surface area contributed by atoms with E-state index in [0.29, 0.717) is 29.9 Å². The minimum Gasteiger partial charge on any atom is -0.338 e. The molecule has 176 valence electrons. The molecule has 0 amide bonds. The van der Waals surface area contributed by atoms with Crippen LogP contribution in [-0.2, 0) is 5.54 Å². The molecule has 1 saturated carbocycles. The van der Waals surface area contributed by atoms with Crippen molar-refractivity contribution in [2.75, 3.05) is 11.9 Å². The third kappa shape index (κ3) is 3.92. The summed E-state index contributed by atoms with van der Waals surface area (Å²) in [5.41, 5.74) is -0.694. The van der Waals surface area contributed by atoms with Crippen molar-refractivity contribution in [2.45, 2.75) is 69.1 Å². The summed E-state index contributed by atoms with van der Waals surface area (Å²) in [6.07, 6.45) is 4.04. The van der Waals surface area contributed by atoms with Gasteiger partial charge in [-0.25, -0.2) is 0 Å². The van der Waals surface area contributed by atoms with Crippen LogP contribution in [0.25, 0.3) is 10.9 Å². The van der Waals surface area contributed by atoms with Crippen LogP contribution in [0.5, 0.6) is 0 Å². The van der Waals surface area contributed by atoms with Crippen LogP contribution in [-0.4, -0.2) is 27.5 Å². The predicted molar refractivity (Wildman–Crippen MR) is 122 cm³/mol. The maximum Gasteiger partial charge on any atom is 0.410 e. The number of nitrogens with one attached hydrogen (secondary N) is 3. The second-order valence-electron chi connectivity index (χ2n) is 9.14. The van der Waals surface area contributed by atoms with E-state index >= 15 is 0 Å². The second kappa shape index (κ2) is 8.52. The molecule has 1 atom stereocenters. The van der Waals surface area contributed by atoms with E-state index in [0.717, 1.165) is 37.6 Å². The number of aromatic nitrogens is 3. The molecule has 1 aromatic carbocycles. The highest BCUT2D eigenvalue weighted by atomic mass is 19.4. The summed E-state index contributed by atoms with van der Waals surface area (Å²) in [4.78, 5) is 15.3. The Morgan fingerprint density at radius 2 is 1.79 bits per heavy atom. The lowest BCUT2D eigenvalue weighted by molar-refractivity contribution is -0.207. The third-order valence-corrected chi connectivity index (χ3v) is 7.08. The van der Waals surface area contributed by atoms with Gasteiger partial charge in [-0.3, -0.25) is 14.8 Å². The molecule has 3 aromatic rings. The molecular weight excluding hydrogens is 431 g/mol. The molecule has 0 spiro atoms. The molecule has 1 saturated heterocycles. The first kappa shape index (κ1) is 22.0. The van der Waals surface area contributed by atoms with Crippen molar-refractivity contribution in [1.82, 2.24) is 20.1 Å². The van der Waals surface area contributed by atoms with Crippen molar-refractivity contribution in [2.24, 2.45) is 0 Å². The highest BCUT2D eigenvalue weighted by molar-refractivity contribution is 5.91. The number of rotatable bonds is 4. The lowest BCUT2D eigenvalue weighted by Gasteiger charge is -2.40. The van der Waals surface area contributed by atoms with Gasteiger partial charge in [0, 0.05) is 11.9 Å². The Balaban J connectivity index is 1.47. The van der Waals surface area contributed by atoms with Gasteiger partial charge in [-0.15, -0.1) is 0 Å². The van der Waals surface area contributed by atoms with Crippen LogP contribution in [0, 0.1) is 0 Å². The number of aromatic amines is 1. The fourth-order valence-corrected chi connectivity index (χ4v) is 5.32. The molecule has 1 aliphatic heterocycles. The summed E-state index contributed by atoms with van der Waals surface area (Å²) >= 11 is 0. The van der Waals surface area contributed by atoms with E-state index in [1.165, 1.54) is 18.6 Å². The van der Waals surface area contributed by atoms with Crippen LogP contribution in [0.3, 0.4) is 0 Å². The quantitative estimate of drug-likeness (QED) is 0.481. The molecule has 9 heteroatoms. The maximum absolute atomic E-state index is 14.0. The Hall–Kier alpha value is -2.81. The van der Waals surface area contributed by atoms with E-state index in [-0.39, 0.29) is 23.6 Å². The molecule has 1 aliphatic carbocycles. The van der Waals surface area contributed by atoms with Gasteiger partial charge < -0.3 is 10.3 Å². The molecule has 3 heterocycles. The van der Waals surface area contributed by atoms with E-state index in [1.807, 2.05) is 10.7 Å². The Morgan fingerprint density at radius 3 is 2.45 bits per heavy atom. The summed E-state index contributed by atoms with van der Waals surface area (Å²) in [7, 11) is 0. The molecule has 0 radical (unpaired) electrons. The Labute approximate surface area is 189 Å². The molecular formula is C24H28F3N5O. The zero-order valence-corrected chi connectivity index (χ0v) is 18.3. The molecule has 2 aliphatic rings. The first-order chi connectivity index (χ1) is 15.9. The zero-order valence-electron chi connectivity index (χ0n) is 18.3. The van der Waals surface area contributed by atoms with Gasteiger partial charge in [0.05, 0.1) is 11.6 Å². The third-order valence-electron chi connectivity index (χ3n) is 7.08. The van der Waals surface area contributed by atoms with E-state index in [2.05, 4.69) is 15.6 Å². The van der Waals surface area contributed by atoms with E-state index in [9.17, 15) is 18.0 Å². The fraction of sp³-hybridized carbons (Fsp3) is 0.500. The standard InChI is InChI=1S/C24H28F3N5O/c25-24(26,27)23(13-4-5-14-29-23)16-8-10-17(11-9-16)30-21-20-19(12-15-28-22(20)33)32(31-21)18-6-2-1-3-7-18/h8-12,15,18,29H,1-7,13-14H2,(H,28,33)(H,30,31). The van der Waals surface area contributed by atoms with Crippen molar-refractivity contribution in [3.8, 4) is 0 Å². The van der Waals surface area contributed by atoms with Gasteiger partial charge in [-0.2, -0.15) is 18.3 Å². The second-order valence-corrected chi connectivity index (χ2v) is 9.14. The number of piperidine rings is 1. The minimum atomic E-state index is -4.38. The summed E-state index contributed by atoms with van der Waals surface area (Å²) in [6.45, 7) is 0.340. The van der Waals surface area contributed by atoms with E-state index < -0.39 is 11.7 Å². The van der Waals surface area contributed by atoms with Gasteiger partial charge in [0.2, 0.25) is 0 Å². The van der Waals surface area contributed by atoms with Crippen molar-refractivity contribution in [1.29, 1.82) is 0 Å². The number of benzene rings is 1. The van der Waals surface area contributed by atoms with Crippen molar-refractivity contribution in [3.63, 3.8) is 0 Å². The zero-order chi connectivity index (χ0) is 23.1. The van der Waals surface area contributed by atoms with Crippen LogP contribution < -0.4 is 16.2 Å². The number of anilines is 2. The number of halogens is 3. The van der Waals surface area contributed by atoms with E-state index in [1.54, 1.807) is 18.3 Å². The highest BCUT2D eigenvalue weighted by Crippen LogP contribution is 2.44. The summed E-state index contributed by atoms with van der Waals surface area (Å²) in [5.74, 6) is 0.423. The molecule has 5 rings (SSSR count). The topological polar surface area (TPSA) is 74.7 Å². The smallest absolute Gasteiger partial charge is 0.338 e. The van der Waals surface area contributed by atoms with Crippen molar-refractivity contribution < 1.29 is 13.2 Å². The molecule has 33 heavy (non-hydrogen) atoms. The number of H-pyrrole nitrogens is 1. The van der Waals surface area contributed by atoms with Gasteiger partial charge in [-0.1, -0.05) is 31.4 Å². The first-order valence-electron chi connectivity index (χ1n) is 11.7. The number of nitrogens with zero attached hydrogens (tertiary/aromatic N) is 2. The van der Waals surface area contributed by atoms with E-state index in [4.69, 9.17) is 5.10 Å². The lowest BCUT2D eigenvalue weighted by Crippen LogP contribution is -2.56. The molecule has 1 unspecified atom stereocenters. The number of fused-ring (bicyclic) bond motifs is 1. The summed E-state index contributed by atoms with van der Waals surface area (Å²) in [6, 6.07) is 8.37. The number of hydrogen-bond acceptors (Lipinski definition) is 4. The SMILES string of the molecule is O=c1[nH]ccc2c1c(Nc1ccc(C3(C(F)(F)F)CCCCN3)cc1)nn2C1CCCCC1. The van der Waals surface area contributed by atoms with Crippen LogP contribution in [0.2, 0.25) is 0 Å².